The van der Waals surface area contributed by atoms with E-state index in [1.165, 1.54) is 5.69 Å². The molecule has 5 heteroatoms. The minimum Gasteiger partial charge on any atom is -0.481 e. The molecule has 0 saturated heterocycles. The van der Waals surface area contributed by atoms with Crippen molar-refractivity contribution in [1.29, 1.82) is 0 Å². The van der Waals surface area contributed by atoms with Gasteiger partial charge < -0.3 is 5.11 Å². The third-order valence-electron chi connectivity index (χ3n) is 3.34. The normalized spacial score (nSPS) is 16.5. The SMILES string of the molecule is CC=CCN1CCCn2nc(CCC(=O)O)cc2C1. The van der Waals surface area contributed by atoms with Gasteiger partial charge >= 0.3 is 5.97 Å². The van der Waals surface area contributed by atoms with Crippen molar-refractivity contribution in [1.82, 2.24) is 14.7 Å². The lowest BCUT2D eigenvalue weighted by Crippen LogP contribution is -2.23. The van der Waals surface area contributed by atoms with E-state index in [4.69, 9.17) is 5.11 Å². The van der Waals surface area contributed by atoms with Crippen LogP contribution in [0.3, 0.4) is 0 Å². The summed E-state index contributed by atoms with van der Waals surface area (Å²) in [5.74, 6) is -0.766. The summed E-state index contributed by atoms with van der Waals surface area (Å²) in [4.78, 5) is 13.0. The summed E-state index contributed by atoms with van der Waals surface area (Å²) in [6.07, 6.45) is 5.99. The highest BCUT2D eigenvalue weighted by Crippen LogP contribution is 2.14. The number of aromatic nitrogens is 2. The van der Waals surface area contributed by atoms with Crippen LogP contribution in [0.4, 0.5) is 0 Å². The van der Waals surface area contributed by atoms with Crippen molar-refractivity contribution in [2.24, 2.45) is 0 Å². The molecule has 0 aliphatic carbocycles. The van der Waals surface area contributed by atoms with Gasteiger partial charge in [-0.1, -0.05) is 12.2 Å². The number of hydrogen-bond acceptors (Lipinski definition) is 3. The van der Waals surface area contributed by atoms with Gasteiger partial charge in [0.25, 0.3) is 0 Å². The smallest absolute Gasteiger partial charge is 0.303 e. The maximum absolute atomic E-state index is 10.6. The van der Waals surface area contributed by atoms with Gasteiger partial charge in [-0.25, -0.2) is 0 Å². The van der Waals surface area contributed by atoms with Crippen molar-refractivity contribution < 1.29 is 9.90 Å². The number of nitrogens with zero attached hydrogens (tertiary/aromatic N) is 3. The first-order valence-electron chi connectivity index (χ1n) is 6.80. The van der Waals surface area contributed by atoms with Crippen LogP contribution < -0.4 is 0 Å². The minimum absolute atomic E-state index is 0.152. The number of allylic oxidation sites excluding steroid dienone is 1. The number of fused-ring (bicyclic) bond motifs is 1. The molecule has 0 spiro atoms. The first kappa shape index (κ1) is 13.8. The highest BCUT2D eigenvalue weighted by atomic mass is 16.4. The molecular weight excluding hydrogens is 242 g/mol. The number of aliphatic carboxylic acids is 1. The Morgan fingerprint density at radius 2 is 2.37 bits per heavy atom. The van der Waals surface area contributed by atoms with Gasteiger partial charge in [0.05, 0.1) is 17.8 Å². The van der Waals surface area contributed by atoms with E-state index in [0.29, 0.717) is 6.42 Å². The topological polar surface area (TPSA) is 58.4 Å². The first-order valence-corrected chi connectivity index (χ1v) is 6.80. The van der Waals surface area contributed by atoms with E-state index >= 15 is 0 Å². The maximum atomic E-state index is 10.6. The zero-order chi connectivity index (χ0) is 13.7. The summed E-state index contributed by atoms with van der Waals surface area (Å²) in [6.45, 7) is 5.90. The van der Waals surface area contributed by atoms with Gasteiger partial charge in [-0.3, -0.25) is 14.4 Å². The molecule has 1 aromatic heterocycles. The van der Waals surface area contributed by atoms with Crippen LogP contribution in [-0.4, -0.2) is 38.8 Å². The average Bonchev–Trinajstić information content (AvgIpc) is 2.66. The fraction of sp³-hybridized carbons (Fsp3) is 0.571. The summed E-state index contributed by atoms with van der Waals surface area (Å²) in [5, 5.41) is 13.2. The van der Waals surface area contributed by atoms with Crippen LogP contribution in [0.15, 0.2) is 18.2 Å². The van der Waals surface area contributed by atoms with Crippen molar-refractivity contribution in [2.75, 3.05) is 13.1 Å². The summed E-state index contributed by atoms with van der Waals surface area (Å²) in [7, 11) is 0. The molecule has 1 aromatic rings. The molecule has 1 aliphatic heterocycles. The summed E-state index contributed by atoms with van der Waals surface area (Å²) < 4.78 is 2.03. The molecule has 0 unspecified atom stereocenters. The van der Waals surface area contributed by atoms with Crippen LogP contribution in [-0.2, 0) is 24.3 Å². The molecule has 2 heterocycles. The fourth-order valence-corrected chi connectivity index (χ4v) is 2.36. The van der Waals surface area contributed by atoms with Gasteiger partial charge in [-0.05, 0) is 19.4 Å². The highest BCUT2D eigenvalue weighted by Gasteiger charge is 2.16. The van der Waals surface area contributed by atoms with Crippen LogP contribution >= 0.6 is 0 Å². The molecule has 19 heavy (non-hydrogen) atoms. The average molecular weight is 263 g/mol. The van der Waals surface area contributed by atoms with Gasteiger partial charge in [0.15, 0.2) is 0 Å². The van der Waals surface area contributed by atoms with Crippen molar-refractivity contribution >= 4 is 5.97 Å². The van der Waals surface area contributed by atoms with Crippen molar-refractivity contribution in [3.05, 3.63) is 29.6 Å². The van der Waals surface area contributed by atoms with E-state index in [9.17, 15) is 4.79 Å². The number of rotatable bonds is 5. The monoisotopic (exact) mass is 263 g/mol. The Hall–Kier alpha value is -1.62. The number of aryl methyl sites for hydroxylation is 2. The van der Waals surface area contributed by atoms with Gasteiger partial charge in [-0.2, -0.15) is 5.10 Å². The van der Waals surface area contributed by atoms with Crippen molar-refractivity contribution in [3.8, 4) is 0 Å². The van der Waals surface area contributed by atoms with Crippen LogP contribution in [0, 0.1) is 0 Å². The molecule has 0 radical (unpaired) electrons. The minimum atomic E-state index is -0.766. The van der Waals surface area contributed by atoms with E-state index in [0.717, 1.165) is 38.3 Å². The standard InChI is InChI=1S/C14H21N3O2/c1-2-3-7-16-8-4-9-17-13(11-16)10-12(15-17)5-6-14(18)19/h2-3,10H,4-9,11H2,1H3,(H,18,19). The molecule has 0 fully saturated rings. The number of hydrogen-bond donors (Lipinski definition) is 1. The molecule has 0 bridgehead atoms. The van der Waals surface area contributed by atoms with E-state index in [2.05, 4.69) is 28.2 Å². The summed E-state index contributed by atoms with van der Waals surface area (Å²) in [5.41, 5.74) is 2.09. The van der Waals surface area contributed by atoms with Crippen LogP contribution in [0.1, 0.15) is 31.2 Å². The second-order valence-electron chi connectivity index (χ2n) is 4.90. The Bertz CT molecular complexity index is 465. The summed E-state index contributed by atoms with van der Waals surface area (Å²) in [6, 6.07) is 2.05. The Morgan fingerprint density at radius 3 is 3.11 bits per heavy atom. The lowest BCUT2D eigenvalue weighted by atomic mass is 10.2. The Morgan fingerprint density at radius 1 is 1.53 bits per heavy atom. The van der Waals surface area contributed by atoms with Gasteiger partial charge in [-0.15, -0.1) is 0 Å². The molecule has 5 nitrogen and oxygen atoms in total. The maximum Gasteiger partial charge on any atom is 0.303 e. The van der Waals surface area contributed by atoms with E-state index in [-0.39, 0.29) is 6.42 Å². The number of carboxylic acids is 1. The molecule has 0 saturated carbocycles. The van der Waals surface area contributed by atoms with Crippen LogP contribution in [0.25, 0.3) is 0 Å². The number of carboxylic acid groups (broad SMARTS) is 1. The van der Waals surface area contributed by atoms with Crippen LogP contribution in [0.2, 0.25) is 0 Å². The third-order valence-corrected chi connectivity index (χ3v) is 3.34. The molecule has 1 aliphatic rings. The van der Waals surface area contributed by atoms with Gasteiger partial charge in [0, 0.05) is 32.6 Å². The third kappa shape index (κ3) is 3.92. The molecule has 104 valence electrons. The van der Waals surface area contributed by atoms with E-state index < -0.39 is 5.97 Å². The predicted molar refractivity (Wildman–Crippen MR) is 72.9 cm³/mol. The van der Waals surface area contributed by atoms with Crippen LogP contribution in [0.5, 0.6) is 0 Å². The zero-order valence-corrected chi connectivity index (χ0v) is 11.4. The van der Waals surface area contributed by atoms with E-state index in [1.807, 2.05) is 11.6 Å². The zero-order valence-electron chi connectivity index (χ0n) is 11.4. The lowest BCUT2D eigenvalue weighted by Gasteiger charge is -2.16. The van der Waals surface area contributed by atoms with Crippen molar-refractivity contribution in [2.45, 2.75) is 39.3 Å². The van der Waals surface area contributed by atoms with Crippen molar-refractivity contribution in [3.63, 3.8) is 0 Å². The Labute approximate surface area is 113 Å². The summed E-state index contributed by atoms with van der Waals surface area (Å²) >= 11 is 0. The molecule has 0 aromatic carbocycles. The lowest BCUT2D eigenvalue weighted by molar-refractivity contribution is -0.136. The highest BCUT2D eigenvalue weighted by molar-refractivity contribution is 5.66. The fourth-order valence-electron chi connectivity index (χ4n) is 2.36. The molecule has 0 atom stereocenters. The first-order chi connectivity index (χ1) is 9.19. The Balaban J connectivity index is 2.02. The number of carbonyl (C=O) groups is 1. The van der Waals surface area contributed by atoms with E-state index in [1.54, 1.807) is 0 Å². The van der Waals surface area contributed by atoms with Gasteiger partial charge in [0.2, 0.25) is 0 Å². The molecule has 1 N–H and O–H groups in total. The molecular formula is C14H21N3O2. The van der Waals surface area contributed by atoms with Gasteiger partial charge in [0.1, 0.15) is 0 Å². The molecule has 2 rings (SSSR count). The largest absolute Gasteiger partial charge is 0.481 e. The molecule has 0 amide bonds. The Kier molecular flexibility index (Phi) is 4.74. The predicted octanol–water partition coefficient (Wildman–Crippen LogP) is 1.68. The quantitative estimate of drug-likeness (QED) is 0.821. The second kappa shape index (κ2) is 6.52. The second-order valence-corrected chi connectivity index (χ2v) is 4.90.